The summed E-state index contributed by atoms with van der Waals surface area (Å²) in [6.07, 6.45) is 6.67. The molecule has 2 N–H and O–H groups in total. The summed E-state index contributed by atoms with van der Waals surface area (Å²) in [6, 6.07) is 1.11. The molecule has 4 atom stereocenters. The maximum Gasteiger partial charge on any atom is 0.0249 e. The zero-order valence-corrected chi connectivity index (χ0v) is 11.9. The third kappa shape index (κ3) is 3.03. The topological polar surface area (TPSA) is 29.3 Å². The second-order valence-corrected chi connectivity index (χ2v) is 6.61. The Morgan fingerprint density at radius 1 is 1.24 bits per heavy atom. The van der Waals surface area contributed by atoms with E-state index in [0.717, 1.165) is 17.8 Å². The van der Waals surface area contributed by atoms with E-state index in [9.17, 15) is 0 Å². The van der Waals surface area contributed by atoms with Gasteiger partial charge in [-0.15, -0.1) is 0 Å². The molecule has 0 aromatic rings. The molecule has 1 aliphatic carbocycles. The molecule has 0 bridgehead atoms. The summed E-state index contributed by atoms with van der Waals surface area (Å²) in [6.45, 7) is 9.65. The van der Waals surface area contributed by atoms with Crippen molar-refractivity contribution in [1.82, 2.24) is 4.90 Å². The zero-order valence-electron chi connectivity index (χ0n) is 11.9. The number of hydrogen-bond acceptors (Lipinski definition) is 2. The van der Waals surface area contributed by atoms with Crippen LogP contribution in [0, 0.1) is 17.8 Å². The molecule has 2 rings (SSSR count). The lowest BCUT2D eigenvalue weighted by Gasteiger charge is -2.39. The van der Waals surface area contributed by atoms with Gasteiger partial charge in [0, 0.05) is 18.6 Å². The van der Waals surface area contributed by atoms with Gasteiger partial charge in [-0.05, 0) is 50.0 Å². The summed E-state index contributed by atoms with van der Waals surface area (Å²) in [5.74, 6) is 2.67. The van der Waals surface area contributed by atoms with Crippen molar-refractivity contribution in [3.63, 3.8) is 0 Å². The van der Waals surface area contributed by atoms with Crippen LogP contribution in [0.2, 0.25) is 0 Å². The molecule has 4 unspecified atom stereocenters. The summed E-state index contributed by atoms with van der Waals surface area (Å²) >= 11 is 0. The van der Waals surface area contributed by atoms with E-state index in [4.69, 9.17) is 5.73 Å². The standard InChI is InChI=1S/C15H30N2/c1-4-12-5-6-14(16)15(9-12)17-8-7-13(10-17)11(2)3/h11-15H,4-10,16H2,1-3H3. The van der Waals surface area contributed by atoms with Crippen LogP contribution in [0.3, 0.4) is 0 Å². The molecule has 2 heteroatoms. The van der Waals surface area contributed by atoms with E-state index in [2.05, 4.69) is 25.7 Å². The van der Waals surface area contributed by atoms with Crippen LogP contribution in [0.15, 0.2) is 0 Å². The zero-order chi connectivity index (χ0) is 12.4. The number of nitrogens with zero attached hydrogens (tertiary/aromatic N) is 1. The third-order valence-electron chi connectivity index (χ3n) is 5.22. The van der Waals surface area contributed by atoms with Gasteiger partial charge in [-0.3, -0.25) is 4.90 Å². The second-order valence-electron chi connectivity index (χ2n) is 6.61. The lowest BCUT2D eigenvalue weighted by atomic mass is 9.80. The normalized spacial score (nSPS) is 40.1. The van der Waals surface area contributed by atoms with E-state index in [1.165, 1.54) is 45.2 Å². The molecule has 2 nitrogen and oxygen atoms in total. The van der Waals surface area contributed by atoms with Crippen LogP contribution in [-0.2, 0) is 0 Å². The van der Waals surface area contributed by atoms with Gasteiger partial charge in [-0.1, -0.05) is 27.2 Å². The highest BCUT2D eigenvalue weighted by Crippen LogP contribution is 2.33. The van der Waals surface area contributed by atoms with Crippen molar-refractivity contribution in [2.45, 2.75) is 65.0 Å². The van der Waals surface area contributed by atoms with Gasteiger partial charge >= 0.3 is 0 Å². The number of likely N-dealkylation sites (tertiary alicyclic amines) is 1. The fourth-order valence-corrected chi connectivity index (χ4v) is 3.71. The van der Waals surface area contributed by atoms with E-state index >= 15 is 0 Å². The first-order chi connectivity index (χ1) is 8.11. The molecule has 1 saturated heterocycles. The number of hydrogen-bond donors (Lipinski definition) is 1. The largest absolute Gasteiger partial charge is 0.326 e. The fourth-order valence-electron chi connectivity index (χ4n) is 3.71. The molecule has 0 amide bonds. The molecule has 1 aliphatic heterocycles. The van der Waals surface area contributed by atoms with Crippen molar-refractivity contribution in [3.8, 4) is 0 Å². The highest BCUT2D eigenvalue weighted by molar-refractivity contribution is 4.92. The molecular formula is C15H30N2. The molecule has 2 fully saturated rings. The summed E-state index contributed by atoms with van der Waals surface area (Å²) in [5, 5.41) is 0. The first-order valence-corrected chi connectivity index (χ1v) is 7.61. The predicted molar refractivity (Wildman–Crippen MR) is 73.9 cm³/mol. The third-order valence-corrected chi connectivity index (χ3v) is 5.22. The molecule has 0 aromatic heterocycles. The quantitative estimate of drug-likeness (QED) is 0.819. The van der Waals surface area contributed by atoms with Crippen LogP contribution in [0.1, 0.15) is 52.9 Å². The molecular weight excluding hydrogens is 208 g/mol. The smallest absolute Gasteiger partial charge is 0.0249 e. The van der Waals surface area contributed by atoms with E-state index in [0.29, 0.717) is 12.1 Å². The maximum absolute atomic E-state index is 6.36. The van der Waals surface area contributed by atoms with Gasteiger partial charge in [0.1, 0.15) is 0 Å². The second kappa shape index (κ2) is 5.71. The summed E-state index contributed by atoms with van der Waals surface area (Å²) < 4.78 is 0. The molecule has 0 radical (unpaired) electrons. The fraction of sp³-hybridized carbons (Fsp3) is 1.00. The Kier molecular flexibility index (Phi) is 4.48. The lowest BCUT2D eigenvalue weighted by molar-refractivity contribution is 0.127. The van der Waals surface area contributed by atoms with Crippen LogP contribution in [0.25, 0.3) is 0 Å². The molecule has 17 heavy (non-hydrogen) atoms. The van der Waals surface area contributed by atoms with Crippen LogP contribution in [-0.4, -0.2) is 30.1 Å². The van der Waals surface area contributed by atoms with Crippen LogP contribution >= 0.6 is 0 Å². The van der Waals surface area contributed by atoms with Crippen LogP contribution in [0.4, 0.5) is 0 Å². The van der Waals surface area contributed by atoms with E-state index < -0.39 is 0 Å². The SMILES string of the molecule is CCC1CCC(N)C(N2CCC(C(C)C)C2)C1. The van der Waals surface area contributed by atoms with Gasteiger partial charge < -0.3 is 5.73 Å². The Hall–Kier alpha value is -0.0800. The Balaban J connectivity index is 1.92. The minimum absolute atomic E-state index is 0.434. The lowest BCUT2D eigenvalue weighted by Crippen LogP contribution is -2.50. The average molecular weight is 238 g/mol. The number of rotatable bonds is 3. The van der Waals surface area contributed by atoms with E-state index in [-0.39, 0.29) is 0 Å². The van der Waals surface area contributed by atoms with Gasteiger partial charge in [-0.2, -0.15) is 0 Å². The van der Waals surface area contributed by atoms with Crippen molar-refractivity contribution in [1.29, 1.82) is 0 Å². The van der Waals surface area contributed by atoms with Gasteiger partial charge in [0.05, 0.1) is 0 Å². The van der Waals surface area contributed by atoms with E-state index in [1.54, 1.807) is 0 Å². The van der Waals surface area contributed by atoms with Gasteiger partial charge in [0.15, 0.2) is 0 Å². The predicted octanol–water partition coefficient (Wildman–Crippen LogP) is 2.87. The summed E-state index contributed by atoms with van der Waals surface area (Å²) in [4.78, 5) is 2.71. The minimum Gasteiger partial charge on any atom is -0.326 e. The van der Waals surface area contributed by atoms with E-state index in [1.807, 2.05) is 0 Å². The van der Waals surface area contributed by atoms with Crippen molar-refractivity contribution < 1.29 is 0 Å². The summed E-state index contributed by atoms with van der Waals surface area (Å²) in [7, 11) is 0. The summed E-state index contributed by atoms with van der Waals surface area (Å²) in [5.41, 5.74) is 6.36. The van der Waals surface area contributed by atoms with Gasteiger partial charge in [-0.25, -0.2) is 0 Å². The molecule has 100 valence electrons. The minimum atomic E-state index is 0.434. The van der Waals surface area contributed by atoms with Crippen molar-refractivity contribution in [2.75, 3.05) is 13.1 Å². The van der Waals surface area contributed by atoms with Crippen LogP contribution in [0.5, 0.6) is 0 Å². The Bertz CT molecular complexity index is 239. The molecule has 2 aliphatic rings. The highest BCUT2D eigenvalue weighted by atomic mass is 15.2. The monoisotopic (exact) mass is 238 g/mol. The Morgan fingerprint density at radius 2 is 2.00 bits per heavy atom. The first-order valence-electron chi connectivity index (χ1n) is 7.61. The number of nitrogens with two attached hydrogens (primary N) is 1. The van der Waals surface area contributed by atoms with Crippen molar-refractivity contribution in [2.24, 2.45) is 23.5 Å². The maximum atomic E-state index is 6.36. The molecule has 1 saturated carbocycles. The first kappa shape index (κ1) is 13.4. The van der Waals surface area contributed by atoms with Gasteiger partial charge in [0.2, 0.25) is 0 Å². The molecule has 1 heterocycles. The van der Waals surface area contributed by atoms with Crippen molar-refractivity contribution >= 4 is 0 Å². The molecule has 0 aromatic carbocycles. The van der Waals surface area contributed by atoms with Crippen LogP contribution < -0.4 is 5.73 Å². The Labute approximate surface area is 107 Å². The average Bonchev–Trinajstić information content (AvgIpc) is 2.79. The van der Waals surface area contributed by atoms with Crippen molar-refractivity contribution in [3.05, 3.63) is 0 Å². The van der Waals surface area contributed by atoms with Gasteiger partial charge in [0.25, 0.3) is 0 Å². The molecule has 0 spiro atoms. The highest BCUT2D eigenvalue weighted by Gasteiger charge is 2.36. The Morgan fingerprint density at radius 3 is 2.59 bits per heavy atom.